The third-order valence-electron chi connectivity index (χ3n) is 10.5. The van der Waals surface area contributed by atoms with Crippen molar-refractivity contribution in [3.63, 3.8) is 0 Å². The first-order valence-corrected chi connectivity index (χ1v) is 23.5. The molecule has 4 aromatic rings. The van der Waals surface area contributed by atoms with Crippen molar-refractivity contribution >= 4 is 0 Å². The van der Waals surface area contributed by atoms with E-state index in [1.165, 1.54) is 33.6 Å². The molecule has 1 aromatic carbocycles. The van der Waals surface area contributed by atoms with Crippen molar-refractivity contribution in [1.82, 2.24) is 29.9 Å². The van der Waals surface area contributed by atoms with Gasteiger partial charge in [0, 0.05) is 46.4 Å². The summed E-state index contributed by atoms with van der Waals surface area (Å²) in [4.78, 5) is 27.4. The van der Waals surface area contributed by atoms with Crippen LogP contribution < -0.4 is 0 Å². The van der Waals surface area contributed by atoms with Crippen LogP contribution >= 0.6 is 0 Å². The van der Waals surface area contributed by atoms with Gasteiger partial charge in [-0.2, -0.15) is 0 Å². The molecule has 336 valence electrons. The molecule has 0 saturated heterocycles. The molecule has 0 aliphatic heterocycles. The molecular formula is C54H90N6. The van der Waals surface area contributed by atoms with Crippen LogP contribution in [0.15, 0.2) is 36.4 Å². The number of benzene rings is 1. The van der Waals surface area contributed by atoms with Crippen LogP contribution in [0, 0.1) is 0 Å². The van der Waals surface area contributed by atoms with Gasteiger partial charge in [-0.25, -0.2) is 24.9 Å². The number of rotatable bonds is 12. The quantitative estimate of drug-likeness (QED) is 0.142. The zero-order chi connectivity index (χ0) is 46.3. The SMILES string of the molecule is CC(C)c1cc(C(C)C)cc(C(C)C)c1.CC(C)c1cc(C(C)C)nc(C(C)C)c1.CC(C)c1cc(C(C)C)nc(C(C)C)n1.CC(C)c1nc(C(C)C)nc(C(C)C)n1. The third-order valence-corrected chi connectivity index (χ3v) is 10.5. The van der Waals surface area contributed by atoms with Crippen LogP contribution in [0.4, 0.5) is 0 Å². The minimum Gasteiger partial charge on any atom is -0.257 e. The van der Waals surface area contributed by atoms with Crippen LogP contribution in [0.2, 0.25) is 0 Å². The van der Waals surface area contributed by atoms with Crippen molar-refractivity contribution in [2.24, 2.45) is 0 Å². The summed E-state index contributed by atoms with van der Waals surface area (Å²) >= 11 is 0. The summed E-state index contributed by atoms with van der Waals surface area (Å²) in [6.07, 6.45) is 0. The molecule has 0 aliphatic carbocycles. The fourth-order valence-electron chi connectivity index (χ4n) is 5.78. The van der Waals surface area contributed by atoms with Gasteiger partial charge in [0.05, 0.1) is 0 Å². The van der Waals surface area contributed by atoms with Gasteiger partial charge in [-0.15, -0.1) is 0 Å². The Morgan fingerprint density at radius 2 is 0.400 bits per heavy atom. The Balaban J connectivity index is 0.000000400. The average Bonchev–Trinajstić information content (AvgIpc) is 3.17. The summed E-state index contributed by atoms with van der Waals surface area (Å²) in [5, 5.41) is 0. The van der Waals surface area contributed by atoms with Crippen LogP contribution in [-0.4, -0.2) is 29.9 Å². The standard InChI is InChI=1S/C15H24.C14H23N.C13H22N2.C12H21N3/c1-10(2)13-7-14(11(3)4)9-15(8-13)12(5)6;1-9(2)12-7-13(10(3)4)15-14(8-12)11(5)6;1-8(2)11-7-12(9(3)4)15-13(14-11)10(5)6;1-7(2)10-13-11(8(3)4)15-12(14-10)9(5)6/h7-12H,1-6H3;7-11H,1-6H3;7-10H,1-6H3;7-9H,1-6H3. The van der Waals surface area contributed by atoms with Gasteiger partial charge in [-0.1, -0.05) is 184 Å². The van der Waals surface area contributed by atoms with Gasteiger partial charge >= 0.3 is 0 Å². The molecule has 0 amide bonds. The summed E-state index contributed by atoms with van der Waals surface area (Å²) < 4.78 is 0. The minimum atomic E-state index is 0.364. The summed E-state index contributed by atoms with van der Waals surface area (Å²) in [7, 11) is 0. The predicted molar refractivity (Wildman–Crippen MR) is 262 cm³/mol. The second-order valence-electron chi connectivity index (χ2n) is 20.5. The van der Waals surface area contributed by atoms with E-state index in [-0.39, 0.29) is 0 Å². The summed E-state index contributed by atoms with van der Waals surface area (Å²) in [6.45, 7) is 52.6. The Morgan fingerprint density at radius 1 is 0.200 bits per heavy atom. The molecule has 0 bridgehead atoms. The third kappa shape index (κ3) is 18.2. The molecule has 0 atom stereocenters. The molecule has 6 nitrogen and oxygen atoms in total. The van der Waals surface area contributed by atoms with Crippen molar-refractivity contribution in [3.05, 3.63) is 105 Å². The highest BCUT2D eigenvalue weighted by atomic mass is 15.0. The number of nitrogens with zero attached hydrogens (tertiary/aromatic N) is 6. The normalized spacial score (nSPS) is 11.8. The van der Waals surface area contributed by atoms with Crippen molar-refractivity contribution in [1.29, 1.82) is 0 Å². The zero-order valence-corrected chi connectivity index (χ0v) is 43.1. The number of hydrogen-bond donors (Lipinski definition) is 0. The van der Waals surface area contributed by atoms with Crippen molar-refractivity contribution in [3.8, 4) is 0 Å². The molecule has 3 aromatic heterocycles. The highest BCUT2D eigenvalue weighted by molar-refractivity contribution is 5.35. The second-order valence-corrected chi connectivity index (χ2v) is 20.5. The molecule has 0 aliphatic rings. The zero-order valence-electron chi connectivity index (χ0n) is 43.1. The molecular weight excluding hydrogens is 733 g/mol. The minimum absolute atomic E-state index is 0.364. The Hall–Kier alpha value is -3.54. The van der Waals surface area contributed by atoms with Crippen molar-refractivity contribution in [2.75, 3.05) is 0 Å². The van der Waals surface area contributed by atoms with Crippen LogP contribution in [0.3, 0.4) is 0 Å². The first-order chi connectivity index (χ1) is 27.7. The van der Waals surface area contributed by atoms with Crippen LogP contribution in [0.25, 0.3) is 0 Å². The maximum atomic E-state index is 4.71. The van der Waals surface area contributed by atoms with E-state index in [1.807, 2.05) is 0 Å². The van der Waals surface area contributed by atoms with Crippen LogP contribution in [-0.2, 0) is 0 Å². The van der Waals surface area contributed by atoms with Crippen molar-refractivity contribution < 1.29 is 0 Å². The van der Waals surface area contributed by atoms with E-state index < -0.39 is 0 Å². The fourth-order valence-corrected chi connectivity index (χ4v) is 5.78. The van der Waals surface area contributed by atoms with Gasteiger partial charge in [0.1, 0.15) is 23.3 Å². The predicted octanol–water partition coefficient (Wildman–Crippen LogP) is 16.6. The van der Waals surface area contributed by atoms with Crippen LogP contribution in [0.5, 0.6) is 0 Å². The van der Waals surface area contributed by atoms with Crippen LogP contribution in [0.1, 0.15) is 306 Å². The maximum absolute atomic E-state index is 4.71. The molecule has 0 N–H and O–H groups in total. The molecule has 0 saturated carbocycles. The largest absolute Gasteiger partial charge is 0.257 e. The Kier molecular flexibility index (Phi) is 23.1. The Labute approximate surface area is 370 Å². The van der Waals surface area contributed by atoms with E-state index >= 15 is 0 Å². The lowest BCUT2D eigenvalue weighted by atomic mass is 9.90. The lowest BCUT2D eigenvalue weighted by Gasteiger charge is -2.16. The highest BCUT2D eigenvalue weighted by Gasteiger charge is 2.15. The van der Waals surface area contributed by atoms with E-state index in [1.54, 1.807) is 0 Å². The van der Waals surface area contributed by atoms with Gasteiger partial charge in [0.15, 0.2) is 0 Å². The Bertz CT molecular complexity index is 1310. The Morgan fingerprint density at radius 3 is 0.600 bits per heavy atom. The first-order valence-electron chi connectivity index (χ1n) is 23.5. The molecule has 3 heterocycles. The van der Waals surface area contributed by atoms with Gasteiger partial charge in [0.2, 0.25) is 0 Å². The van der Waals surface area contributed by atoms with Gasteiger partial charge in [-0.05, 0) is 87.8 Å². The van der Waals surface area contributed by atoms with Crippen molar-refractivity contribution in [2.45, 2.75) is 237 Å². The van der Waals surface area contributed by atoms with Gasteiger partial charge < -0.3 is 0 Å². The molecule has 4 rings (SSSR count). The van der Waals surface area contributed by atoms with E-state index in [0.29, 0.717) is 71.0 Å². The summed E-state index contributed by atoms with van der Waals surface area (Å²) in [5.41, 5.74) is 10.6. The van der Waals surface area contributed by atoms with E-state index in [4.69, 9.17) is 4.98 Å². The smallest absolute Gasteiger partial charge is 0.135 e. The van der Waals surface area contributed by atoms with E-state index in [2.05, 4.69) is 227 Å². The molecule has 0 fully saturated rings. The molecule has 6 heteroatoms. The fraction of sp³-hybridized carbons (Fsp3) is 0.667. The molecule has 60 heavy (non-hydrogen) atoms. The van der Waals surface area contributed by atoms with E-state index in [0.717, 1.165) is 34.7 Å². The molecule has 0 unspecified atom stereocenters. The second kappa shape index (κ2) is 25.4. The molecule has 0 radical (unpaired) electrons. The maximum Gasteiger partial charge on any atom is 0.135 e. The number of aromatic nitrogens is 6. The highest BCUT2D eigenvalue weighted by Crippen LogP contribution is 2.28. The first kappa shape index (κ1) is 54.5. The lowest BCUT2D eigenvalue weighted by molar-refractivity contribution is 0.644. The lowest BCUT2D eigenvalue weighted by Crippen LogP contribution is -2.11. The monoisotopic (exact) mass is 823 g/mol. The summed E-state index contributed by atoms with van der Waals surface area (Å²) in [6, 6.07) is 13.7. The number of hydrogen-bond acceptors (Lipinski definition) is 6. The van der Waals surface area contributed by atoms with Gasteiger partial charge in [0.25, 0.3) is 0 Å². The van der Waals surface area contributed by atoms with E-state index in [9.17, 15) is 0 Å². The molecule has 0 spiro atoms. The number of pyridine rings is 1. The average molecular weight is 823 g/mol. The van der Waals surface area contributed by atoms with Gasteiger partial charge in [-0.3, -0.25) is 4.98 Å². The topological polar surface area (TPSA) is 77.3 Å². The summed E-state index contributed by atoms with van der Waals surface area (Å²) in [5.74, 6) is 9.66.